The molecule has 0 bridgehead atoms. The number of fused-ring (bicyclic) bond motifs is 1. The van der Waals surface area contributed by atoms with Crippen molar-refractivity contribution in [2.75, 3.05) is 0 Å². The second-order valence-electron chi connectivity index (χ2n) is 4.63. The third-order valence-electron chi connectivity index (χ3n) is 3.12. The Balaban J connectivity index is 2.02. The molecule has 1 amide bonds. The van der Waals surface area contributed by atoms with Gasteiger partial charge in [-0.2, -0.15) is 0 Å². The van der Waals surface area contributed by atoms with Crippen molar-refractivity contribution < 1.29 is 14.7 Å². The van der Waals surface area contributed by atoms with Crippen LogP contribution in [0.5, 0.6) is 0 Å². The van der Waals surface area contributed by atoms with Crippen molar-refractivity contribution in [3.63, 3.8) is 0 Å². The van der Waals surface area contributed by atoms with Crippen LogP contribution in [0.4, 0.5) is 0 Å². The van der Waals surface area contributed by atoms with Crippen LogP contribution in [0.2, 0.25) is 0 Å². The molecule has 6 nitrogen and oxygen atoms in total. The van der Waals surface area contributed by atoms with Gasteiger partial charge in [0.25, 0.3) is 0 Å². The second kappa shape index (κ2) is 6.18. The van der Waals surface area contributed by atoms with E-state index in [0.29, 0.717) is 6.42 Å². The highest BCUT2D eigenvalue weighted by atomic mass is 16.4. The van der Waals surface area contributed by atoms with Crippen LogP contribution in [-0.2, 0) is 16.1 Å². The molecule has 1 atom stereocenters. The molecule has 0 saturated heterocycles. The molecular formula is C14H17N3O3. The average molecular weight is 275 g/mol. The van der Waals surface area contributed by atoms with Gasteiger partial charge >= 0.3 is 5.97 Å². The number of rotatable bonds is 6. The number of benzene rings is 1. The SMILES string of the molecule is CCC(CC(=O)O)NC(=O)Cn1cnc2ccccc21. The molecule has 106 valence electrons. The summed E-state index contributed by atoms with van der Waals surface area (Å²) in [6.07, 6.45) is 2.14. The quantitative estimate of drug-likeness (QED) is 0.834. The van der Waals surface area contributed by atoms with Crippen molar-refractivity contribution in [1.29, 1.82) is 0 Å². The zero-order chi connectivity index (χ0) is 14.5. The standard InChI is InChI=1S/C14H17N3O3/c1-2-10(7-14(19)20)16-13(18)8-17-9-15-11-5-3-4-6-12(11)17/h3-6,9-10H,2,7-8H2,1H3,(H,16,18)(H,19,20). The lowest BCUT2D eigenvalue weighted by atomic mass is 10.1. The van der Waals surface area contributed by atoms with Crippen molar-refractivity contribution in [3.8, 4) is 0 Å². The van der Waals surface area contributed by atoms with E-state index in [9.17, 15) is 9.59 Å². The largest absolute Gasteiger partial charge is 0.481 e. The summed E-state index contributed by atoms with van der Waals surface area (Å²) in [4.78, 5) is 26.8. The van der Waals surface area contributed by atoms with Crippen LogP contribution in [0, 0.1) is 0 Å². The van der Waals surface area contributed by atoms with Gasteiger partial charge in [-0.1, -0.05) is 19.1 Å². The molecular weight excluding hydrogens is 258 g/mol. The third kappa shape index (κ3) is 3.34. The number of aromatic nitrogens is 2. The normalized spacial score (nSPS) is 12.2. The highest BCUT2D eigenvalue weighted by Crippen LogP contribution is 2.11. The Labute approximate surface area is 116 Å². The lowest BCUT2D eigenvalue weighted by Crippen LogP contribution is -2.37. The van der Waals surface area contributed by atoms with E-state index in [0.717, 1.165) is 11.0 Å². The maximum atomic E-state index is 12.0. The van der Waals surface area contributed by atoms with E-state index in [1.807, 2.05) is 31.2 Å². The van der Waals surface area contributed by atoms with Gasteiger partial charge in [-0.05, 0) is 18.6 Å². The number of amides is 1. The molecule has 1 aromatic heterocycles. The number of nitrogens with one attached hydrogen (secondary N) is 1. The summed E-state index contributed by atoms with van der Waals surface area (Å²) >= 11 is 0. The van der Waals surface area contributed by atoms with Gasteiger partial charge in [0.1, 0.15) is 6.54 Å². The molecule has 2 rings (SSSR count). The van der Waals surface area contributed by atoms with Crippen LogP contribution in [0.1, 0.15) is 19.8 Å². The predicted molar refractivity (Wildman–Crippen MR) is 74.2 cm³/mol. The van der Waals surface area contributed by atoms with Gasteiger partial charge in [0.05, 0.1) is 23.8 Å². The topological polar surface area (TPSA) is 84.2 Å². The predicted octanol–water partition coefficient (Wildman–Crippen LogP) is 1.41. The zero-order valence-corrected chi connectivity index (χ0v) is 11.2. The van der Waals surface area contributed by atoms with Gasteiger partial charge in [0.2, 0.25) is 5.91 Å². The van der Waals surface area contributed by atoms with Crippen LogP contribution < -0.4 is 5.32 Å². The summed E-state index contributed by atoms with van der Waals surface area (Å²) in [5.74, 6) is -1.12. The summed E-state index contributed by atoms with van der Waals surface area (Å²) < 4.78 is 1.75. The van der Waals surface area contributed by atoms with Crippen LogP contribution in [0.25, 0.3) is 11.0 Å². The van der Waals surface area contributed by atoms with Crippen LogP contribution >= 0.6 is 0 Å². The molecule has 0 aliphatic heterocycles. The molecule has 0 spiro atoms. The molecule has 20 heavy (non-hydrogen) atoms. The zero-order valence-electron chi connectivity index (χ0n) is 11.2. The summed E-state index contributed by atoms with van der Waals surface area (Å²) in [6.45, 7) is 1.98. The van der Waals surface area contributed by atoms with Crippen molar-refractivity contribution in [2.24, 2.45) is 0 Å². The molecule has 1 heterocycles. The maximum Gasteiger partial charge on any atom is 0.305 e. The first kappa shape index (κ1) is 14.0. The number of imidazole rings is 1. The molecule has 0 aliphatic rings. The lowest BCUT2D eigenvalue weighted by Gasteiger charge is -2.15. The molecule has 0 saturated carbocycles. The van der Waals surface area contributed by atoms with Crippen molar-refractivity contribution >= 4 is 22.9 Å². The van der Waals surface area contributed by atoms with Crippen molar-refractivity contribution in [3.05, 3.63) is 30.6 Å². The highest BCUT2D eigenvalue weighted by molar-refractivity contribution is 5.81. The highest BCUT2D eigenvalue weighted by Gasteiger charge is 2.14. The fourth-order valence-electron chi connectivity index (χ4n) is 2.07. The van der Waals surface area contributed by atoms with Crippen LogP contribution in [0.15, 0.2) is 30.6 Å². The van der Waals surface area contributed by atoms with Gasteiger partial charge in [-0.3, -0.25) is 9.59 Å². The van der Waals surface area contributed by atoms with E-state index in [1.165, 1.54) is 0 Å². The lowest BCUT2D eigenvalue weighted by molar-refractivity contribution is -0.137. The molecule has 6 heteroatoms. The number of carboxylic acid groups (broad SMARTS) is 1. The Morgan fingerprint density at radius 2 is 2.15 bits per heavy atom. The van der Waals surface area contributed by atoms with Crippen LogP contribution in [0.3, 0.4) is 0 Å². The van der Waals surface area contributed by atoms with Crippen LogP contribution in [-0.4, -0.2) is 32.6 Å². The molecule has 0 aliphatic carbocycles. The number of hydrogen-bond acceptors (Lipinski definition) is 3. The number of nitrogens with zero attached hydrogens (tertiary/aromatic N) is 2. The number of carboxylic acids is 1. The van der Waals surface area contributed by atoms with E-state index in [4.69, 9.17) is 5.11 Å². The number of para-hydroxylation sites is 2. The Kier molecular flexibility index (Phi) is 4.34. The second-order valence-corrected chi connectivity index (χ2v) is 4.63. The van der Waals surface area contributed by atoms with E-state index in [2.05, 4.69) is 10.3 Å². The Bertz CT molecular complexity index is 621. The minimum Gasteiger partial charge on any atom is -0.481 e. The Hall–Kier alpha value is -2.37. The van der Waals surface area contributed by atoms with Gasteiger partial charge in [0, 0.05) is 6.04 Å². The van der Waals surface area contributed by atoms with E-state index < -0.39 is 5.97 Å². The monoisotopic (exact) mass is 275 g/mol. The Morgan fingerprint density at radius 3 is 2.85 bits per heavy atom. The van der Waals surface area contributed by atoms with Gasteiger partial charge in [-0.25, -0.2) is 4.98 Å². The van der Waals surface area contributed by atoms with Gasteiger partial charge < -0.3 is 15.0 Å². The first-order valence-electron chi connectivity index (χ1n) is 6.51. The van der Waals surface area contributed by atoms with E-state index in [1.54, 1.807) is 10.9 Å². The summed E-state index contributed by atoms with van der Waals surface area (Å²) in [6, 6.07) is 7.21. The van der Waals surface area contributed by atoms with Crippen molar-refractivity contribution in [2.45, 2.75) is 32.4 Å². The fourth-order valence-corrected chi connectivity index (χ4v) is 2.07. The smallest absolute Gasteiger partial charge is 0.305 e. The minimum atomic E-state index is -0.912. The summed E-state index contributed by atoms with van der Waals surface area (Å²) in [7, 11) is 0. The van der Waals surface area contributed by atoms with Crippen molar-refractivity contribution in [1.82, 2.24) is 14.9 Å². The van der Waals surface area contributed by atoms with Gasteiger partial charge in [0.15, 0.2) is 0 Å². The summed E-state index contributed by atoms with van der Waals surface area (Å²) in [5, 5.41) is 11.5. The fraction of sp³-hybridized carbons (Fsp3) is 0.357. The summed E-state index contributed by atoms with van der Waals surface area (Å²) in [5.41, 5.74) is 1.71. The molecule has 0 radical (unpaired) electrons. The molecule has 1 aromatic carbocycles. The maximum absolute atomic E-state index is 12.0. The average Bonchev–Trinajstić information content (AvgIpc) is 2.81. The Morgan fingerprint density at radius 1 is 1.40 bits per heavy atom. The number of aliphatic carboxylic acids is 1. The first-order chi connectivity index (χ1) is 9.60. The molecule has 1 unspecified atom stereocenters. The van der Waals surface area contributed by atoms with E-state index in [-0.39, 0.29) is 24.9 Å². The molecule has 0 fully saturated rings. The number of carbonyl (C=O) groups is 2. The first-order valence-corrected chi connectivity index (χ1v) is 6.51. The molecule has 2 aromatic rings. The van der Waals surface area contributed by atoms with E-state index >= 15 is 0 Å². The van der Waals surface area contributed by atoms with Gasteiger partial charge in [-0.15, -0.1) is 0 Å². The minimum absolute atomic E-state index is 0.0626. The third-order valence-corrected chi connectivity index (χ3v) is 3.12. The number of carbonyl (C=O) groups excluding carboxylic acids is 1. The molecule has 2 N–H and O–H groups in total. The number of hydrogen-bond donors (Lipinski definition) is 2.